The van der Waals surface area contributed by atoms with Crippen LogP contribution in [-0.2, 0) is 26.2 Å². The average Bonchev–Trinajstić information content (AvgIpc) is 2.80. The predicted octanol–water partition coefficient (Wildman–Crippen LogP) is 3.37. The number of sulfonamides is 1. The summed E-state index contributed by atoms with van der Waals surface area (Å²) >= 11 is 6.08. The second-order valence-corrected chi connectivity index (χ2v) is 10.4. The Balaban J connectivity index is 2.19. The van der Waals surface area contributed by atoms with Crippen molar-refractivity contribution in [2.24, 2.45) is 0 Å². The number of halogens is 1. The van der Waals surface area contributed by atoms with Gasteiger partial charge >= 0.3 is 0 Å². The van der Waals surface area contributed by atoms with Gasteiger partial charge in [0.1, 0.15) is 11.8 Å². The number of likely N-dealkylation sites (N-methyl/N-ethyl adjacent to an activating group) is 1. The van der Waals surface area contributed by atoms with Gasteiger partial charge in [0.2, 0.25) is 21.8 Å². The Morgan fingerprint density at radius 1 is 1.18 bits per heavy atom. The Kier molecular flexibility index (Phi) is 9.76. The Morgan fingerprint density at radius 2 is 1.88 bits per heavy atom. The van der Waals surface area contributed by atoms with E-state index in [-0.39, 0.29) is 37.7 Å². The molecule has 0 bridgehead atoms. The number of carbonyl (C=O) groups is 2. The number of ether oxygens (including phenoxy) is 1. The largest absolute Gasteiger partial charge is 0.497 e. The number of rotatable bonds is 11. The molecular weight excluding hydrogens is 478 g/mol. The van der Waals surface area contributed by atoms with Crippen molar-refractivity contribution in [3.8, 4) is 5.75 Å². The van der Waals surface area contributed by atoms with Gasteiger partial charge < -0.3 is 15.0 Å². The number of nitrogens with one attached hydrogen (secondary N) is 1. The average molecular weight is 510 g/mol. The molecule has 0 aromatic heterocycles. The Labute approximate surface area is 206 Å². The van der Waals surface area contributed by atoms with E-state index in [0.717, 1.165) is 17.4 Å². The fourth-order valence-corrected chi connectivity index (χ4v) is 4.77. The zero-order chi connectivity index (χ0) is 25.5. The molecule has 2 aromatic rings. The molecule has 2 aromatic carbocycles. The molecule has 8 nitrogen and oxygen atoms in total. The number of anilines is 1. The molecule has 0 aliphatic rings. The van der Waals surface area contributed by atoms with Gasteiger partial charge in [-0.15, -0.1) is 0 Å². The van der Waals surface area contributed by atoms with Gasteiger partial charge in [-0.25, -0.2) is 8.42 Å². The highest BCUT2D eigenvalue weighted by Gasteiger charge is 2.26. The maximum Gasteiger partial charge on any atom is 0.242 e. The van der Waals surface area contributed by atoms with E-state index in [0.29, 0.717) is 16.5 Å². The lowest BCUT2D eigenvalue weighted by atomic mass is 10.1. The first kappa shape index (κ1) is 27.5. The lowest BCUT2D eigenvalue weighted by Gasteiger charge is -2.29. The normalized spacial score (nSPS) is 12.1. The topological polar surface area (TPSA) is 96.0 Å². The van der Waals surface area contributed by atoms with Crippen LogP contribution in [0, 0.1) is 6.92 Å². The molecule has 0 unspecified atom stereocenters. The summed E-state index contributed by atoms with van der Waals surface area (Å²) in [6.07, 6.45) is 1.46. The number of nitrogens with zero attached hydrogens (tertiary/aromatic N) is 2. The quantitative estimate of drug-likeness (QED) is 0.501. The summed E-state index contributed by atoms with van der Waals surface area (Å²) in [5, 5.41) is 3.00. The third-order valence-corrected chi connectivity index (χ3v) is 6.91. The van der Waals surface area contributed by atoms with Crippen molar-refractivity contribution in [2.75, 3.05) is 31.3 Å². The molecule has 2 amide bonds. The molecule has 0 radical (unpaired) electrons. The molecule has 10 heteroatoms. The second kappa shape index (κ2) is 12.1. The standard InChI is InChI=1S/C24H32ClN3O5S/c1-17-11-12-20(25)15-22(17)28(34(5,31)32)13-7-10-23(29)27(18(2)24(30)26-3)16-19-8-6-9-21(14-19)33-4/h6,8-9,11-12,14-15,18H,7,10,13,16H2,1-5H3,(H,26,30)/t18-/m0/s1. The van der Waals surface area contributed by atoms with Crippen molar-refractivity contribution in [1.82, 2.24) is 10.2 Å². The molecule has 2 rings (SSSR count). The van der Waals surface area contributed by atoms with Crippen LogP contribution < -0.4 is 14.4 Å². The maximum absolute atomic E-state index is 13.2. The molecule has 0 fully saturated rings. The molecule has 1 atom stereocenters. The van der Waals surface area contributed by atoms with Crippen molar-refractivity contribution in [1.29, 1.82) is 0 Å². The number of hydrogen-bond donors (Lipinski definition) is 1. The fourth-order valence-electron chi connectivity index (χ4n) is 3.59. The zero-order valence-electron chi connectivity index (χ0n) is 20.2. The van der Waals surface area contributed by atoms with Crippen molar-refractivity contribution in [2.45, 2.75) is 39.3 Å². The third-order valence-electron chi connectivity index (χ3n) is 5.49. The van der Waals surface area contributed by atoms with Crippen LogP contribution in [0.1, 0.15) is 30.9 Å². The van der Waals surface area contributed by atoms with Crippen LogP contribution in [0.4, 0.5) is 5.69 Å². The summed E-state index contributed by atoms with van der Waals surface area (Å²) in [7, 11) is -0.516. The van der Waals surface area contributed by atoms with Gasteiger partial charge in [0.15, 0.2) is 0 Å². The van der Waals surface area contributed by atoms with Crippen molar-refractivity contribution >= 4 is 39.1 Å². The van der Waals surface area contributed by atoms with Crippen molar-refractivity contribution < 1.29 is 22.7 Å². The lowest BCUT2D eigenvalue weighted by molar-refractivity contribution is -0.140. The predicted molar refractivity (Wildman–Crippen MR) is 135 cm³/mol. The van der Waals surface area contributed by atoms with E-state index in [1.807, 2.05) is 18.2 Å². The summed E-state index contributed by atoms with van der Waals surface area (Å²) in [5.41, 5.74) is 2.05. The van der Waals surface area contributed by atoms with E-state index < -0.39 is 16.1 Å². The minimum Gasteiger partial charge on any atom is -0.497 e. The molecule has 0 saturated heterocycles. The SMILES string of the molecule is CNC(=O)[C@H](C)N(Cc1cccc(OC)c1)C(=O)CCCN(c1cc(Cl)ccc1C)S(C)(=O)=O. The highest BCUT2D eigenvalue weighted by Crippen LogP contribution is 2.27. The number of benzene rings is 2. The van der Waals surface area contributed by atoms with Crippen LogP contribution in [0.5, 0.6) is 5.75 Å². The molecule has 0 spiro atoms. The van der Waals surface area contributed by atoms with Crippen molar-refractivity contribution in [3.05, 3.63) is 58.6 Å². The highest BCUT2D eigenvalue weighted by molar-refractivity contribution is 7.92. The van der Waals surface area contributed by atoms with Gasteiger partial charge in [-0.3, -0.25) is 13.9 Å². The molecule has 0 saturated carbocycles. The van der Waals surface area contributed by atoms with E-state index in [1.54, 1.807) is 45.2 Å². The summed E-state index contributed by atoms with van der Waals surface area (Å²) in [6, 6.07) is 11.6. The number of hydrogen-bond acceptors (Lipinski definition) is 5. The van der Waals surface area contributed by atoms with Crippen LogP contribution in [0.15, 0.2) is 42.5 Å². The Hall–Kier alpha value is -2.78. The maximum atomic E-state index is 13.2. The molecule has 34 heavy (non-hydrogen) atoms. The van der Waals surface area contributed by atoms with Crippen molar-refractivity contribution in [3.63, 3.8) is 0 Å². The lowest BCUT2D eigenvalue weighted by Crippen LogP contribution is -2.46. The molecule has 0 aliphatic heterocycles. The first-order chi connectivity index (χ1) is 16.0. The van der Waals surface area contributed by atoms with Gasteiger partial charge in [0.05, 0.1) is 19.1 Å². The van der Waals surface area contributed by atoms with E-state index in [4.69, 9.17) is 16.3 Å². The fraction of sp³-hybridized carbons (Fsp3) is 0.417. The zero-order valence-corrected chi connectivity index (χ0v) is 21.7. The smallest absolute Gasteiger partial charge is 0.242 e. The van der Waals surface area contributed by atoms with Crippen LogP contribution in [0.25, 0.3) is 0 Å². The number of amides is 2. The third kappa shape index (κ3) is 7.36. The van der Waals surface area contributed by atoms with Crippen LogP contribution in [0.2, 0.25) is 5.02 Å². The van der Waals surface area contributed by atoms with E-state index in [2.05, 4.69) is 5.32 Å². The summed E-state index contributed by atoms with van der Waals surface area (Å²) in [6.45, 7) is 3.78. The van der Waals surface area contributed by atoms with Gasteiger partial charge in [-0.2, -0.15) is 0 Å². The number of carbonyl (C=O) groups excluding carboxylic acids is 2. The minimum absolute atomic E-state index is 0.0664. The van der Waals surface area contributed by atoms with Gasteiger partial charge in [-0.1, -0.05) is 29.8 Å². The summed E-state index contributed by atoms with van der Waals surface area (Å²) < 4.78 is 31.4. The highest BCUT2D eigenvalue weighted by atomic mass is 35.5. The molecular formula is C24H32ClN3O5S. The van der Waals surface area contributed by atoms with Crippen LogP contribution in [-0.4, -0.2) is 58.1 Å². The minimum atomic E-state index is -3.59. The van der Waals surface area contributed by atoms with Crippen LogP contribution >= 0.6 is 11.6 Å². The van der Waals surface area contributed by atoms with Gasteiger partial charge in [0.25, 0.3) is 0 Å². The summed E-state index contributed by atoms with van der Waals surface area (Å²) in [5.74, 6) is 0.108. The molecule has 0 heterocycles. The number of methoxy groups -OCH3 is 1. The monoisotopic (exact) mass is 509 g/mol. The number of aryl methyl sites for hydroxylation is 1. The molecule has 0 aliphatic carbocycles. The first-order valence-corrected chi connectivity index (χ1v) is 13.1. The Morgan fingerprint density at radius 3 is 2.50 bits per heavy atom. The second-order valence-electron chi connectivity index (χ2n) is 8.03. The van der Waals surface area contributed by atoms with Gasteiger partial charge in [-0.05, 0) is 55.7 Å². The molecule has 1 N–H and O–H groups in total. The Bertz CT molecular complexity index is 1120. The van der Waals surface area contributed by atoms with E-state index in [9.17, 15) is 18.0 Å². The molecule has 186 valence electrons. The summed E-state index contributed by atoms with van der Waals surface area (Å²) in [4.78, 5) is 27.0. The van der Waals surface area contributed by atoms with E-state index >= 15 is 0 Å². The first-order valence-electron chi connectivity index (χ1n) is 10.9. The van der Waals surface area contributed by atoms with Gasteiger partial charge in [0, 0.05) is 31.6 Å². The van der Waals surface area contributed by atoms with E-state index in [1.165, 1.54) is 16.3 Å². The van der Waals surface area contributed by atoms with Crippen LogP contribution in [0.3, 0.4) is 0 Å².